The van der Waals surface area contributed by atoms with Crippen LogP contribution in [0.5, 0.6) is 0 Å². The number of halogens is 4. The molecule has 7 nitrogen and oxygen atoms in total. The van der Waals surface area contributed by atoms with E-state index < -0.39 is 17.8 Å². The summed E-state index contributed by atoms with van der Waals surface area (Å²) in [5.74, 6) is -2.07. The molecule has 0 spiro atoms. The predicted molar refractivity (Wildman–Crippen MR) is 115 cm³/mol. The maximum absolute atomic E-state index is 14.4. The Morgan fingerprint density at radius 2 is 1.82 bits per heavy atom. The zero-order valence-electron chi connectivity index (χ0n) is 17.7. The predicted octanol–water partition coefficient (Wildman–Crippen LogP) is 3.68. The average molecular weight is 463 g/mol. The zero-order valence-corrected chi connectivity index (χ0v) is 17.7. The highest BCUT2D eigenvalue weighted by Gasteiger charge is 2.34. The number of nitrogens with one attached hydrogen (secondary N) is 2. The van der Waals surface area contributed by atoms with Crippen molar-refractivity contribution in [2.24, 2.45) is 0 Å². The molecule has 2 aromatic carbocycles. The Labute approximate surface area is 186 Å². The number of anilines is 2. The molecule has 0 saturated carbocycles. The summed E-state index contributed by atoms with van der Waals surface area (Å²) in [4.78, 5) is 33.3. The fourth-order valence-electron chi connectivity index (χ4n) is 3.75. The molecular weight excluding hydrogens is 442 g/mol. The molecule has 174 valence electrons. The van der Waals surface area contributed by atoms with Gasteiger partial charge in [0.2, 0.25) is 11.7 Å². The van der Waals surface area contributed by atoms with Crippen molar-refractivity contribution < 1.29 is 27.2 Å². The van der Waals surface area contributed by atoms with E-state index in [4.69, 9.17) is 0 Å². The van der Waals surface area contributed by atoms with E-state index in [-0.39, 0.29) is 29.3 Å². The Balaban J connectivity index is 1.32. The van der Waals surface area contributed by atoms with Crippen LogP contribution in [0.3, 0.4) is 0 Å². The van der Waals surface area contributed by atoms with Gasteiger partial charge in [0.05, 0.1) is 23.3 Å². The first-order valence-corrected chi connectivity index (χ1v) is 10.2. The van der Waals surface area contributed by atoms with E-state index in [9.17, 15) is 27.2 Å². The van der Waals surface area contributed by atoms with Gasteiger partial charge in [-0.05, 0) is 43.3 Å². The number of piperazine rings is 1. The van der Waals surface area contributed by atoms with Crippen LogP contribution < -0.4 is 10.2 Å². The first kappa shape index (κ1) is 22.7. The van der Waals surface area contributed by atoms with Crippen molar-refractivity contribution in [3.05, 3.63) is 53.6 Å². The molecule has 0 unspecified atom stereocenters. The minimum atomic E-state index is -4.58. The third-order valence-corrected chi connectivity index (χ3v) is 5.47. The summed E-state index contributed by atoms with van der Waals surface area (Å²) >= 11 is 0. The highest BCUT2D eigenvalue weighted by atomic mass is 19.4. The molecule has 0 radical (unpaired) electrons. The van der Waals surface area contributed by atoms with E-state index in [1.165, 1.54) is 31.2 Å². The Hall–Kier alpha value is -3.47. The average Bonchev–Trinajstić information content (AvgIpc) is 3.18. The lowest BCUT2D eigenvalue weighted by Crippen LogP contribution is -2.48. The van der Waals surface area contributed by atoms with Gasteiger partial charge in [-0.2, -0.15) is 13.2 Å². The number of H-pyrrole nitrogens is 1. The van der Waals surface area contributed by atoms with Gasteiger partial charge < -0.3 is 15.2 Å². The van der Waals surface area contributed by atoms with Crippen LogP contribution in [0.25, 0.3) is 11.0 Å². The van der Waals surface area contributed by atoms with E-state index in [2.05, 4.69) is 15.3 Å². The minimum Gasteiger partial charge on any atom is -0.367 e. The number of carbonyl (C=O) groups is 2. The van der Waals surface area contributed by atoms with Crippen LogP contribution in [0.15, 0.2) is 36.4 Å². The smallest absolute Gasteiger partial charge is 0.367 e. The Kier molecular flexibility index (Phi) is 6.07. The number of aromatic amines is 1. The number of alkyl halides is 3. The van der Waals surface area contributed by atoms with Crippen LogP contribution in [0.2, 0.25) is 0 Å². The van der Waals surface area contributed by atoms with Crippen LogP contribution >= 0.6 is 0 Å². The van der Waals surface area contributed by atoms with Crippen molar-refractivity contribution in [2.45, 2.75) is 13.1 Å². The lowest BCUT2D eigenvalue weighted by Gasteiger charge is -2.35. The lowest BCUT2D eigenvalue weighted by molar-refractivity contribution is -0.144. The number of imidazole rings is 1. The molecule has 1 aliphatic heterocycles. The normalized spacial score (nSPS) is 15.1. The van der Waals surface area contributed by atoms with Crippen LogP contribution in [0.1, 0.15) is 23.1 Å². The van der Waals surface area contributed by atoms with Crippen molar-refractivity contribution in [3.8, 4) is 0 Å². The third-order valence-electron chi connectivity index (χ3n) is 5.47. The van der Waals surface area contributed by atoms with Gasteiger partial charge in [-0.25, -0.2) is 9.37 Å². The Morgan fingerprint density at radius 3 is 2.45 bits per heavy atom. The van der Waals surface area contributed by atoms with Gasteiger partial charge >= 0.3 is 6.18 Å². The number of Topliss-reactive ketones (excluding diaryl/α,β-unsaturated/α-hetero) is 1. The molecule has 0 atom stereocenters. The topological polar surface area (TPSA) is 81.3 Å². The summed E-state index contributed by atoms with van der Waals surface area (Å²) in [6, 6.07) is 8.71. The van der Waals surface area contributed by atoms with E-state index in [0.29, 0.717) is 43.1 Å². The van der Waals surface area contributed by atoms with Crippen molar-refractivity contribution in [3.63, 3.8) is 0 Å². The number of hydrogen-bond acceptors (Lipinski definition) is 5. The molecule has 2 N–H and O–H groups in total. The third kappa shape index (κ3) is 5.14. The van der Waals surface area contributed by atoms with Gasteiger partial charge in [-0.1, -0.05) is 0 Å². The molecule has 1 fully saturated rings. The van der Waals surface area contributed by atoms with E-state index in [1.807, 2.05) is 9.80 Å². The molecule has 1 aliphatic rings. The number of benzene rings is 2. The number of ketones is 1. The van der Waals surface area contributed by atoms with Crippen molar-refractivity contribution in [1.82, 2.24) is 14.9 Å². The lowest BCUT2D eigenvalue weighted by atomic mass is 10.1. The fourth-order valence-corrected chi connectivity index (χ4v) is 3.75. The second kappa shape index (κ2) is 8.81. The number of aromatic nitrogens is 2. The van der Waals surface area contributed by atoms with Gasteiger partial charge in [0.25, 0.3) is 0 Å². The number of rotatable bonds is 5. The Bertz CT molecular complexity index is 1200. The van der Waals surface area contributed by atoms with E-state index in [1.54, 1.807) is 12.1 Å². The molecule has 1 saturated heterocycles. The number of nitrogens with zero attached hydrogens (tertiary/aromatic N) is 3. The van der Waals surface area contributed by atoms with Gasteiger partial charge in [-0.15, -0.1) is 0 Å². The standard InChI is InChI=1S/C22H21F4N5O2/c1-13(32)14-2-5-19(16(23)10-14)31-8-6-30(7-9-31)12-20(33)27-15-3-4-17-18(11-15)29-21(28-17)22(24,25)26/h2-5,10-11H,6-9,12H2,1H3,(H,27,33)(H,28,29). The molecule has 2 heterocycles. The summed E-state index contributed by atoms with van der Waals surface area (Å²) < 4.78 is 52.8. The molecule has 0 bridgehead atoms. The van der Waals surface area contributed by atoms with Crippen molar-refractivity contribution in [2.75, 3.05) is 42.9 Å². The quantitative estimate of drug-likeness (QED) is 0.446. The van der Waals surface area contributed by atoms with E-state index >= 15 is 0 Å². The van der Waals surface area contributed by atoms with Crippen LogP contribution in [0, 0.1) is 5.82 Å². The molecule has 11 heteroatoms. The SMILES string of the molecule is CC(=O)c1ccc(N2CCN(CC(=O)Nc3ccc4nc(C(F)(F)F)[nH]c4c3)CC2)c(F)c1. The highest BCUT2D eigenvalue weighted by molar-refractivity contribution is 5.95. The van der Waals surface area contributed by atoms with Gasteiger partial charge in [0, 0.05) is 37.4 Å². The molecule has 4 rings (SSSR count). The summed E-state index contributed by atoms with van der Waals surface area (Å²) in [6.45, 7) is 3.53. The minimum absolute atomic E-state index is 0.0917. The summed E-state index contributed by atoms with van der Waals surface area (Å²) in [5, 5.41) is 2.68. The molecular formula is C22H21F4N5O2. The second-order valence-electron chi connectivity index (χ2n) is 7.85. The maximum atomic E-state index is 14.4. The monoisotopic (exact) mass is 463 g/mol. The van der Waals surface area contributed by atoms with Gasteiger partial charge in [0.15, 0.2) is 5.78 Å². The largest absolute Gasteiger partial charge is 0.449 e. The molecule has 33 heavy (non-hydrogen) atoms. The summed E-state index contributed by atoms with van der Waals surface area (Å²) in [7, 11) is 0. The highest BCUT2D eigenvalue weighted by Crippen LogP contribution is 2.29. The first-order chi connectivity index (χ1) is 15.6. The van der Waals surface area contributed by atoms with Crippen LogP contribution in [-0.4, -0.2) is 59.3 Å². The molecule has 0 aliphatic carbocycles. The van der Waals surface area contributed by atoms with E-state index in [0.717, 1.165) is 0 Å². The second-order valence-corrected chi connectivity index (χ2v) is 7.85. The zero-order chi connectivity index (χ0) is 23.8. The number of hydrogen-bond donors (Lipinski definition) is 2. The van der Waals surface area contributed by atoms with Gasteiger partial charge in [0.1, 0.15) is 5.82 Å². The number of fused-ring (bicyclic) bond motifs is 1. The molecule has 1 amide bonds. The maximum Gasteiger partial charge on any atom is 0.449 e. The molecule has 1 aromatic heterocycles. The molecule has 3 aromatic rings. The van der Waals surface area contributed by atoms with Crippen LogP contribution in [0.4, 0.5) is 28.9 Å². The van der Waals surface area contributed by atoms with Gasteiger partial charge in [-0.3, -0.25) is 14.5 Å². The Morgan fingerprint density at radius 1 is 1.09 bits per heavy atom. The summed E-state index contributed by atoms with van der Waals surface area (Å²) in [6.07, 6.45) is -4.58. The summed E-state index contributed by atoms with van der Waals surface area (Å²) in [5.41, 5.74) is 1.41. The van der Waals surface area contributed by atoms with Crippen LogP contribution in [-0.2, 0) is 11.0 Å². The number of carbonyl (C=O) groups excluding carboxylic acids is 2. The fraction of sp³-hybridized carbons (Fsp3) is 0.318. The van der Waals surface area contributed by atoms with Crippen molar-refractivity contribution in [1.29, 1.82) is 0 Å². The first-order valence-electron chi connectivity index (χ1n) is 10.2. The van der Waals surface area contributed by atoms with Crippen molar-refractivity contribution >= 4 is 34.1 Å². The number of amides is 1.